The number of halogens is 3. The van der Waals surface area contributed by atoms with E-state index >= 15 is 0 Å². The summed E-state index contributed by atoms with van der Waals surface area (Å²) in [7, 11) is 0. The van der Waals surface area contributed by atoms with Crippen molar-refractivity contribution >= 4 is 29.2 Å². The van der Waals surface area contributed by atoms with Crippen molar-refractivity contribution in [3.8, 4) is 11.8 Å². The minimum Gasteiger partial charge on any atom is -0.487 e. The normalized spacial score (nSPS) is 10.1. The molecule has 0 spiro atoms. The van der Waals surface area contributed by atoms with Crippen LogP contribution in [-0.2, 0) is 6.61 Å². The van der Waals surface area contributed by atoms with Crippen molar-refractivity contribution in [2.24, 2.45) is 0 Å². The number of urea groups is 1. The van der Waals surface area contributed by atoms with Crippen LogP contribution < -0.4 is 15.4 Å². The van der Waals surface area contributed by atoms with Crippen LogP contribution in [0.5, 0.6) is 5.75 Å². The van der Waals surface area contributed by atoms with Crippen molar-refractivity contribution in [3.05, 3.63) is 94.0 Å². The van der Waals surface area contributed by atoms with Crippen LogP contribution in [0.1, 0.15) is 21.5 Å². The van der Waals surface area contributed by atoms with E-state index in [9.17, 15) is 18.4 Å². The average Bonchev–Trinajstić information content (AvgIpc) is 2.73. The smallest absolute Gasteiger partial charge is 0.326 e. The van der Waals surface area contributed by atoms with Crippen molar-refractivity contribution in [2.75, 3.05) is 5.32 Å². The van der Waals surface area contributed by atoms with E-state index in [-0.39, 0.29) is 17.3 Å². The van der Waals surface area contributed by atoms with Crippen molar-refractivity contribution in [2.45, 2.75) is 6.61 Å². The summed E-state index contributed by atoms with van der Waals surface area (Å²) in [6.45, 7) is 0.210. The first-order chi connectivity index (χ1) is 14.9. The van der Waals surface area contributed by atoms with Crippen molar-refractivity contribution in [1.82, 2.24) is 5.32 Å². The number of anilines is 1. The Labute approximate surface area is 181 Å². The highest BCUT2D eigenvalue weighted by molar-refractivity contribution is 6.32. The van der Waals surface area contributed by atoms with Gasteiger partial charge in [-0.1, -0.05) is 29.8 Å². The lowest BCUT2D eigenvalue weighted by Crippen LogP contribution is -2.35. The number of carbonyl (C=O) groups is 2. The highest BCUT2D eigenvalue weighted by atomic mass is 35.5. The molecule has 0 saturated heterocycles. The molecule has 156 valence electrons. The van der Waals surface area contributed by atoms with Gasteiger partial charge in [-0.15, -0.1) is 0 Å². The van der Waals surface area contributed by atoms with Crippen LogP contribution in [0.2, 0.25) is 5.02 Å². The number of hydrogen-bond acceptors (Lipinski definition) is 4. The van der Waals surface area contributed by atoms with Crippen LogP contribution in [-0.4, -0.2) is 11.9 Å². The maximum absolute atomic E-state index is 13.6. The number of nitrogens with one attached hydrogen (secondary N) is 2. The molecule has 0 aliphatic carbocycles. The highest BCUT2D eigenvalue weighted by Crippen LogP contribution is 2.28. The molecule has 9 heteroatoms. The molecule has 0 aromatic heterocycles. The molecule has 0 radical (unpaired) electrons. The summed E-state index contributed by atoms with van der Waals surface area (Å²) in [6.07, 6.45) is 0. The van der Waals surface area contributed by atoms with Gasteiger partial charge in [0.2, 0.25) is 0 Å². The molecular weight excluding hydrogens is 428 g/mol. The van der Waals surface area contributed by atoms with Crippen LogP contribution in [0.3, 0.4) is 0 Å². The minimum absolute atomic E-state index is 0.193. The molecular formula is C22H14ClF2N3O3. The third-order valence-electron chi connectivity index (χ3n) is 4.08. The molecule has 2 N–H and O–H groups in total. The fraction of sp³-hybridized carbons (Fsp3) is 0.0455. The molecule has 3 aromatic carbocycles. The summed E-state index contributed by atoms with van der Waals surface area (Å²) in [5.41, 5.74) is 0.736. The van der Waals surface area contributed by atoms with E-state index in [0.717, 1.165) is 23.8 Å². The zero-order valence-electron chi connectivity index (χ0n) is 15.8. The number of benzene rings is 3. The maximum atomic E-state index is 13.6. The number of nitrogens with zero attached hydrogens (tertiary/aromatic N) is 1. The summed E-state index contributed by atoms with van der Waals surface area (Å²) < 4.78 is 32.9. The third kappa shape index (κ3) is 5.56. The van der Waals surface area contributed by atoms with Gasteiger partial charge in [-0.2, -0.15) is 5.26 Å². The van der Waals surface area contributed by atoms with Crippen LogP contribution in [0.15, 0.2) is 60.7 Å². The molecule has 0 unspecified atom stereocenters. The summed E-state index contributed by atoms with van der Waals surface area (Å²) in [4.78, 5) is 23.9. The van der Waals surface area contributed by atoms with Gasteiger partial charge in [0.05, 0.1) is 16.7 Å². The molecule has 31 heavy (non-hydrogen) atoms. The zero-order valence-corrected chi connectivity index (χ0v) is 16.5. The van der Waals surface area contributed by atoms with Gasteiger partial charge in [-0.3, -0.25) is 10.1 Å². The molecule has 0 aliphatic rings. The second-order valence-electron chi connectivity index (χ2n) is 6.25. The van der Waals surface area contributed by atoms with Crippen LogP contribution in [0.25, 0.3) is 0 Å². The monoisotopic (exact) mass is 441 g/mol. The summed E-state index contributed by atoms with van der Waals surface area (Å²) in [5.74, 6) is -3.04. The third-order valence-corrected chi connectivity index (χ3v) is 4.38. The highest BCUT2D eigenvalue weighted by Gasteiger charge is 2.19. The predicted molar refractivity (Wildman–Crippen MR) is 110 cm³/mol. The second-order valence-corrected chi connectivity index (χ2v) is 6.65. The van der Waals surface area contributed by atoms with Gasteiger partial charge in [0.25, 0.3) is 5.91 Å². The summed E-state index contributed by atoms with van der Waals surface area (Å²) in [5, 5.41) is 13.2. The van der Waals surface area contributed by atoms with E-state index in [4.69, 9.17) is 21.6 Å². The van der Waals surface area contributed by atoms with Crippen LogP contribution in [0.4, 0.5) is 19.3 Å². The fourth-order valence-corrected chi connectivity index (χ4v) is 2.81. The average molecular weight is 442 g/mol. The lowest BCUT2D eigenvalue weighted by atomic mass is 10.1. The molecule has 0 bridgehead atoms. The Morgan fingerprint density at radius 2 is 1.71 bits per heavy atom. The largest absolute Gasteiger partial charge is 0.487 e. The van der Waals surface area contributed by atoms with Gasteiger partial charge in [0.15, 0.2) is 0 Å². The van der Waals surface area contributed by atoms with Gasteiger partial charge >= 0.3 is 6.03 Å². The standard InChI is InChI=1S/C22H14ClF2N3O3/c23-16-10-15(8-9-19(16)31-12-14-6-4-13(11-26)5-7-14)27-22(30)28-21(29)20-17(24)2-1-3-18(20)25/h1-10H,12H2,(H2,27,28,29,30). The first-order valence-electron chi connectivity index (χ1n) is 8.85. The zero-order chi connectivity index (χ0) is 22.4. The van der Waals surface area contributed by atoms with Crippen molar-refractivity contribution in [1.29, 1.82) is 5.26 Å². The Morgan fingerprint density at radius 3 is 2.32 bits per heavy atom. The van der Waals surface area contributed by atoms with Gasteiger partial charge in [0.1, 0.15) is 29.6 Å². The molecule has 6 nitrogen and oxygen atoms in total. The lowest BCUT2D eigenvalue weighted by molar-refractivity contribution is 0.0959. The number of amides is 3. The maximum Gasteiger partial charge on any atom is 0.326 e. The SMILES string of the molecule is N#Cc1ccc(COc2ccc(NC(=O)NC(=O)c3c(F)cccc3F)cc2Cl)cc1. The fourth-order valence-electron chi connectivity index (χ4n) is 2.57. The van der Waals surface area contributed by atoms with Crippen molar-refractivity contribution in [3.63, 3.8) is 0 Å². The van der Waals surface area contributed by atoms with E-state index in [1.165, 1.54) is 18.2 Å². The topological polar surface area (TPSA) is 91.2 Å². The molecule has 0 fully saturated rings. The van der Waals surface area contributed by atoms with Gasteiger partial charge in [0, 0.05) is 5.69 Å². The Kier molecular flexibility index (Phi) is 6.80. The molecule has 3 aromatic rings. The summed E-state index contributed by atoms with van der Waals surface area (Å²) >= 11 is 6.16. The molecule has 0 atom stereocenters. The minimum atomic E-state index is -1.22. The lowest BCUT2D eigenvalue weighted by Gasteiger charge is -2.11. The van der Waals surface area contributed by atoms with Gasteiger partial charge < -0.3 is 10.1 Å². The van der Waals surface area contributed by atoms with E-state index in [1.54, 1.807) is 24.3 Å². The molecule has 0 heterocycles. The van der Waals surface area contributed by atoms with E-state index in [1.807, 2.05) is 11.4 Å². The number of ether oxygens (including phenoxy) is 1. The first kappa shape index (κ1) is 21.7. The Balaban J connectivity index is 1.59. The first-order valence-corrected chi connectivity index (χ1v) is 9.23. The van der Waals surface area contributed by atoms with E-state index in [0.29, 0.717) is 11.3 Å². The molecule has 3 rings (SSSR count). The van der Waals surface area contributed by atoms with Crippen molar-refractivity contribution < 1.29 is 23.1 Å². The Morgan fingerprint density at radius 1 is 1.03 bits per heavy atom. The number of nitriles is 1. The number of carbonyl (C=O) groups excluding carboxylic acids is 2. The van der Waals surface area contributed by atoms with Gasteiger partial charge in [-0.25, -0.2) is 13.6 Å². The molecule has 3 amide bonds. The quantitative estimate of drug-likeness (QED) is 0.581. The Hall–Kier alpha value is -3.96. The Bertz CT molecular complexity index is 1160. The molecule has 0 aliphatic heterocycles. The van der Waals surface area contributed by atoms with Gasteiger partial charge in [-0.05, 0) is 48.0 Å². The van der Waals surface area contributed by atoms with Crippen LogP contribution in [0, 0.1) is 23.0 Å². The number of hydrogen-bond donors (Lipinski definition) is 2. The van der Waals surface area contributed by atoms with E-state index in [2.05, 4.69) is 5.32 Å². The van der Waals surface area contributed by atoms with E-state index < -0.39 is 29.1 Å². The number of imide groups is 1. The predicted octanol–water partition coefficient (Wildman–Crippen LogP) is 5.03. The summed E-state index contributed by atoms with van der Waals surface area (Å²) in [6, 6.07) is 15.2. The number of rotatable bonds is 5. The molecule has 0 saturated carbocycles. The van der Waals surface area contributed by atoms with Crippen LogP contribution >= 0.6 is 11.6 Å². The second kappa shape index (κ2) is 9.69.